The first-order chi connectivity index (χ1) is 20.2. The zero-order valence-corrected chi connectivity index (χ0v) is 34.1. The Morgan fingerprint density at radius 2 is 0.628 bits per heavy atom. The van der Waals surface area contributed by atoms with Crippen molar-refractivity contribution in [1.82, 2.24) is 0 Å². The lowest BCUT2D eigenvalue weighted by Gasteiger charge is -2.58. The first-order valence-corrected chi connectivity index (χ1v) is 31.9. The van der Waals surface area contributed by atoms with Gasteiger partial charge in [-0.3, -0.25) is 0 Å². The van der Waals surface area contributed by atoms with E-state index in [4.69, 9.17) is 8.82 Å². The van der Waals surface area contributed by atoms with Crippen molar-refractivity contribution in [2.75, 3.05) is 0 Å². The predicted octanol–water partition coefficient (Wildman–Crippen LogP) is 9.64. The van der Waals surface area contributed by atoms with Crippen molar-refractivity contribution >= 4 is 80.1 Å². The Hall–Kier alpha value is -1.16. The molecular weight excluding hydrogens is 620 g/mol. The zero-order chi connectivity index (χ0) is 31.5. The molecule has 0 fully saturated rings. The van der Waals surface area contributed by atoms with Crippen LogP contribution in [-0.4, -0.2) is 47.4 Å². The second-order valence-electron chi connectivity index (χ2n) is 14.2. The van der Waals surface area contributed by atoms with Gasteiger partial charge < -0.3 is 8.82 Å². The molecule has 0 aromatic heterocycles. The summed E-state index contributed by atoms with van der Waals surface area (Å²) in [6.45, 7) is 14.8. The topological polar surface area (TPSA) is 24.7 Å². The van der Waals surface area contributed by atoms with Crippen LogP contribution in [0, 0.1) is 0 Å². The molecule has 0 saturated heterocycles. The van der Waals surface area contributed by atoms with E-state index in [1.165, 1.54) is 21.2 Å². The van der Waals surface area contributed by atoms with Crippen LogP contribution in [0.1, 0.15) is 0 Å². The van der Waals surface area contributed by atoms with Gasteiger partial charge in [-0.1, -0.05) is 161 Å². The lowest BCUT2D eigenvalue weighted by atomic mass is 10.4. The van der Waals surface area contributed by atoms with Crippen molar-refractivity contribution in [2.24, 2.45) is 8.82 Å². The molecule has 0 radical (unpaired) electrons. The summed E-state index contributed by atoms with van der Waals surface area (Å²) in [6, 6.07) is 46.4. The van der Waals surface area contributed by atoms with Crippen LogP contribution in [0.4, 0.5) is 0 Å². The smallest absolute Gasteiger partial charge is 0.264 e. The summed E-state index contributed by atoms with van der Waals surface area (Å²) >= 11 is -3.14. The fourth-order valence-electron chi connectivity index (χ4n) is 7.36. The fraction of sp³-hybridized carbons (Fsp3) is 0.314. The van der Waals surface area contributed by atoms with Crippen LogP contribution in [0.25, 0.3) is 0 Å². The van der Waals surface area contributed by atoms with Gasteiger partial charge in [0.05, 0.1) is 0 Å². The lowest BCUT2D eigenvalue weighted by molar-refractivity contribution is 1.42. The van der Waals surface area contributed by atoms with Crippen LogP contribution in [0.2, 0.25) is 62.4 Å². The van der Waals surface area contributed by atoms with Crippen molar-refractivity contribution in [1.29, 1.82) is 0 Å². The Bertz CT molecular complexity index is 1390. The average Bonchev–Trinajstić information content (AvgIpc) is 2.96. The molecule has 0 saturated carbocycles. The Morgan fingerprint density at radius 1 is 0.419 bits per heavy atom. The predicted molar refractivity (Wildman–Crippen MR) is 207 cm³/mol. The molecule has 0 unspecified atom stereocenters. The third kappa shape index (κ3) is 6.57. The van der Waals surface area contributed by atoms with E-state index in [0.717, 1.165) is 0 Å². The fourth-order valence-corrected chi connectivity index (χ4v) is 49.2. The molecule has 43 heavy (non-hydrogen) atoms. The van der Waals surface area contributed by atoms with Crippen LogP contribution >= 0.6 is 14.1 Å². The van der Waals surface area contributed by atoms with Crippen LogP contribution in [0.15, 0.2) is 130 Å². The summed E-state index contributed by atoms with van der Waals surface area (Å²) in [5, 5.41) is 5.81. The Kier molecular flexibility index (Phi) is 11.0. The number of rotatable bonds is 10. The molecule has 0 amide bonds. The van der Waals surface area contributed by atoms with E-state index in [0.29, 0.717) is 0 Å². The molecule has 0 bridgehead atoms. The van der Waals surface area contributed by atoms with Gasteiger partial charge in [0.1, 0.15) is 0 Å². The summed E-state index contributed by atoms with van der Waals surface area (Å²) in [5.74, 6) is 10.6. The number of hydrogen-bond donors (Lipinski definition) is 0. The van der Waals surface area contributed by atoms with E-state index < -0.39 is 58.9 Å². The third-order valence-electron chi connectivity index (χ3n) is 8.16. The molecular formula is C35H50Al2N2P2Si2. The summed E-state index contributed by atoms with van der Waals surface area (Å²) in [7, 11) is -8.84. The van der Waals surface area contributed by atoms with Crippen LogP contribution in [-0.2, 0) is 0 Å². The minimum absolute atomic E-state index is 0.00796. The van der Waals surface area contributed by atoms with E-state index in [-0.39, 0.29) is 2.62 Å². The molecule has 4 aromatic carbocycles. The molecule has 0 aliphatic heterocycles. The Morgan fingerprint density at radius 3 is 0.791 bits per heavy atom. The van der Waals surface area contributed by atoms with Gasteiger partial charge in [-0.2, -0.15) is 0 Å². The summed E-state index contributed by atoms with van der Waals surface area (Å²) in [6.07, 6.45) is 0. The SMILES string of the molecule is [CH3][Al]([CH3])[C]([Al]([CH3])[CH3])(P(=N[Si](C)(C)C)(c1ccccc1)c1ccccc1)P(=N[Si](C)(C)C)(c1ccccc1)c1ccccc1. The first kappa shape index (κ1) is 34.7. The molecule has 0 heterocycles. The highest BCUT2D eigenvalue weighted by molar-refractivity contribution is 8.04. The summed E-state index contributed by atoms with van der Waals surface area (Å²) < 4.78 is 12.9. The minimum atomic E-state index is -2.43. The molecule has 0 spiro atoms. The Labute approximate surface area is 273 Å². The molecule has 0 aliphatic rings. The van der Waals surface area contributed by atoms with Gasteiger partial charge in [-0.25, -0.2) is 0 Å². The van der Waals surface area contributed by atoms with Crippen molar-refractivity contribution in [2.45, 2.75) is 65.0 Å². The van der Waals surface area contributed by atoms with Gasteiger partial charge in [0.2, 0.25) is 0 Å². The Balaban J connectivity index is 2.53. The van der Waals surface area contributed by atoms with E-state index in [9.17, 15) is 0 Å². The number of nitrogens with zero attached hydrogens (tertiary/aromatic N) is 2. The molecule has 0 aliphatic carbocycles. The third-order valence-corrected chi connectivity index (χ3v) is 41.4. The quantitative estimate of drug-likeness (QED) is 0.119. The summed E-state index contributed by atoms with van der Waals surface area (Å²) in [5.41, 5.74) is 0. The maximum Gasteiger partial charge on any atom is 0.264 e. The van der Waals surface area contributed by atoms with Gasteiger partial charge in [0.25, 0.3) is 28.3 Å². The maximum absolute atomic E-state index is 6.45. The molecule has 4 rings (SSSR count). The van der Waals surface area contributed by atoms with E-state index in [1.54, 1.807) is 0 Å². The van der Waals surface area contributed by atoms with Crippen LogP contribution in [0.3, 0.4) is 0 Å². The number of hydrogen-bond acceptors (Lipinski definition) is 2. The molecule has 8 heteroatoms. The van der Waals surface area contributed by atoms with Gasteiger partial charge >= 0.3 is 0 Å². The minimum Gasteiger partial charge on any atom is -0.331 e. The van der Waals surface area contributed by atoms with Crippen molar-refractivity contribution in [3.8, 4) is 0 Å². The van der Waals surface area contributed by atoms with Crippen molar-refractivity contribution in [3.63, 3.8) is 0 Å². The van der Waals surface area contributed by atoms with Gasteiger partial charge in [0.15, 0.2) is 16.5 Å². The van der Waals surface area contributed by atoms with Crippen LogP contribution in [0.5, 0.6) is 0 Å². The van der Waals surface area contributed by atoms with Crippen LogP contribution < -0.4 is 21.2 Å². The van der Waals surface area contributed by atoms with Gasteiger partial charge in [0, 0.05) is 14.1 Å². The highest BCUT2D eigenvalue weighted by atomic mass is 31.2. The monoisotopic (exact) mass is 670 g/mol. The lowest BCUT2D eigenvalue weighted by Crippen LogP contribution is -2.60. The second-order valence-corrected chi connectivity index (χ2v) is 40.0. The zero-order valence-electron chi connectivity index (χ0n) is 28.0. The van der Waals surface area contributed by atoms with Gasteiger partial charge in [-0.05, 0) is 23.8 Å². The second kappa shape index (κ2) is 13.7. The number of benzene rings is 4. The van der Waals surface area contributed by atoms with E-state index in [1.807, 2.05) is 0 Å². The standard InChI is InChI=1S/C31H38N2P2Si2.4CH3.2Al/c1-36(2,3)32-34(28-19-11-7-12-20-28,29-21-13-8-14-22-29)27-35(33-37(4,5)6,30-23-15-9-16-24-30)31-25-17-10-18-26-31;;;;;;/h7-26H,1-6H3;4*1H3;;. The normalized spacial score (nSPS) is 12.9. The highest BCUT2D eigenvalue weighted by Gasteiger charge is 2.63. The molecule has 0 atom stereocenters. The van der Waals surface area contributed by atoms with E-state index in [2.05, 4.69) is 184 Å². The van der Waals surface area contributed by atoms with Crippen molar-refractivity contribution in [3.05, 3.63) is 121 Å². The van der Waals surface area contributed by atoms with E-state index >= 15 is 0 Å². The van der Waals surface area contributed by atoms with Crippen molar-refractivity contribution < 1.29 is 0 Å². The first-order valence-electron chi connectivity index (χ1n) is 15.7. The average molecular weight is 671 g/mol. The largest absolute Gasteiger partial charge is 0.331 e. The highest BCUT2D eigenvalue weighted by Crippen LogP contribution is 2.79. The molecule has 2 nitrogen and oxygen atoms in total. The molecule has 0 N–H and O–H groups in total. The maximum atomic E-state index is 6.45. The summed E-state index contributed by atoms with van der Waals surface area (Å²) in [4.78, 5) is 0. The molecule has 224 valence electrons. The van der Waals surface area contributed by atoms with Gasteiger partial charge in [-0.15, -0.1) is 23.1 Å². The molecule has 4 aromatic rings.